The summed E-state index contributed by atoms with van der Waals surface area (Å²) in [4.78, 5) is 18.9. The summed E-state index contributed by atoms with van der Waals surface area (Å²) in [6.07, 6.45) is 12.4. The lowest BCUT2D eigenvalue weighted by Crippen LogP contribution is -2.63. The van der Waals surface area contributed by atoms with Crippen LogP contribution in [0.3, 0.4) is 0 Å². The number of piperidine rings is 1. The molecule has 7 aliphatic rings. The average molecular weight is 597 g/mol. The Morgan fingerprint density at radius 3 is 2.51 bits per heavy atom. The van der Waals surface area contributed by atoms with Gasteiger partial charge in [-0.1, -0.05) is 37.7 Å². The van der Waals surface area contributed by atoms with Crippen LogP contribution in [-0.4, -0.2) is 116 Å². The van der Waals surface area contributed by atoms with Crippen LogP contribution >= 0.6 is 0 Å². The number of fused-ring (bicyclic) bond motifs is 2. The normalized spacial score (nSPS) is 41.6. The van der Waals surface area contributed by atoms with Gasteiger partial charge in [0.1, 0.15) is 12.9 Å². The van der Waals surface area contributed by atoms with Crippen molar-refractivity contribution in [2.45, 2.75) is 107 Å². The predicted molar refractivity (Wildman–Crippen MR) is 163 cm³/mol. The van der Waals surface area contributed by atoms with Gasteiger partial charge in [0.05, 0.1) is 36.7 Å². The number of nitrogens with one attached hydrogen (secondary N) is 2. The molecule has 10 nitrogen and oxygen atoms in total. The molecule has 0 spiro atoms. The van der Waals surface area contributed by atoms with E-state index in [4.69, 9.17) is 19.9 Å². The maximum absolute atomic E-state index is 12.0. The van der Waals surface area contributed by atoms with Gasteiger partial charge in [0.2, 0.25) is 5.91 Å². The van der Waals surface area contributed by atoms with Crippen LogP contribution in [-0.2, 0) is 19.0 Å². The Labute approximate surface area is 257 Å². The minimum atomic E-state index is -0.0829. The van der Waals surface area contributed by atoms with Gasteiger partial charge in [-0.25, -0.2) is 0 Å². The van der Waals surface area contributed by atoms with Crippen LogP contribution in [0.1, 0.15) is 57.8 Å². The summed E-state index contributed by atoms with van der Waals surface area (Å²) in [7, 11) is 2.22. The molecule has 238 valence electrons. The summed E-state index contributed by atoms with van der Waals surface area (Å²) in [6, 6.07) is 0.661. The quantitative estimate of drug-likeness (QED) is 0.320. The number of nitrogens with zero attached hydrogens (tertiary/aromatic N) is 3. The highest BCUT2D eigenvalue weighted by Gasteiger charge is 2.58. The zero-order valence-corrected chi connectivity index (χ0v) is 25.9. The topological polar surface area (TPSA) is 105 Å². The number of ether oxygens (including phenoxy) is 3. The summed E-state index contributed by atoms with van der Waals surface area (Å²) in [5.74, 6) is 8.81. The molecule has 10 heteroatoms. The standard InChI is InChI=1S/C33H52N6O4/c1-3-27(40)38-15-13-22(14-16-38)39-17-21(18-39)9-11-25-28(29-32(34)35-19-36-33(29)37(25)2)24-10-12-26(31-30(24)41-20-42-31)43-23-7-5-4-6-8-23/h3,21-26,28-33,35-36H,1,4-8,10,12-20,34H2,2H3. The average Bonchev–Trinajstić information content (AvgIpc) is 3.62. The maximum atomic E-state index is 12.0. The van der Waals surface area contributed by atoms with Crippen molar-refractivity contribution in [2.75, 3.05) is 46.7 Å². The van der Waals surface area contributed by atoms with Crippen molar-refractivity contribution < 1.29 is 19.0 Å². The van der Waals surface area contributed by atoms with Gasteiger partial charge in [-0.05, 0) is 63.5 Å². The van der Waals surface area contributed by atoms with Gasteiger partial charge >= 0.3 is 0 Å². The fourth-order valence-electron chi connectivity index (χ4n) is 9.44. The molecule has 4 N–H and O–H groups in total. The largest absolute Gasteiger partial charge is 0.372 e. The lowest BCUT2D eigenvalue weighted by Gasteiger charge is -2.46. The first-order valence-electron chi connectivity index (χ1n) is 17.0. The smallest absolute Gasteiger partial charge is 0.245 e. The highest BCUT2D eigenvalue weighted by molar-refractivity contribution is 5.87. The Bertz CT molecular complexity index is 1060. The van der Waals surface area contributed by atoms with Crippen molar-refractivity contribution in [3.05, 3.63) is 12.7 Å². The SMILES string of the molecule is C=CC(=O)N1CCC(N2CC(C#CC3C(C4CCC(OC5CCCCC5)C5OCOC45)C4C(N)NCNC4N3C)C2)CC1. The van der Waals surface area contributed by atoms with E-state index in [1.54, 1.807) is 0 Å². The first-order chi connectivity index (χ1) is 21.0. The Morgan fingerprint density at radius 2 is 1.74 bits per heavy atom. The second-order valence-corrected chi connectivity index (χ2v) is 14.1. The Morgan fingerprint density at radius 1 is 0.977 bits per heavy atom. The summed E-state index contributed by atoms with van der Waals surface area (Å²) in [5.41, 5.74) is 6.80. The molecule has 7 rings (SSSR count). The number of rotatable bonds is 5. The third kappa shape index (κ3) is 5.93. The first-order valence-corrected chi connectivity index (χ1v) is 17.0. The van der Waals surface area contributed by atoms with Crippen LogP contribution in [0, 0.1) is 35.5 Å². The van der Waals surface area contributed by atoms with Crippen molar-refractivity contribution in [2.24, 2.45) is 29.4 Å². The van der Waals surface area contributed by atoms with E-state index in [1.165, 1.54) is 38.2 Å². The van der Waals surface area contributed by atoms with E-state index in [2.05, 4.69) is 45.9 Å². The number of amides is 1. The van der Waals surface area contributed by atoms with Gasteiger partial charge in [0.25, 0.3) is 0 Å². The second-order valence-electron chi connectivity index (χ2n) is 14.1. The summed E-state index contributed by atoms with van der Waals surface area (Å²) < 4.78 is 19.3. The van der Waals surface area contributed by atoms with E-state index in [9.17, 15) is 4.79 Å². The molecule has 7 fully saturated rings. The lowest BCUT2D eigenvalue weighted by molar-refractivity contribution is -0.127. The van der Waals surface area contributed by atoms with E-state index in [0.717, 1.165) is 51.9 Å². The molecular formula is C33H52N6O4. The van der Waals surface area contributed by atoms with Crippen molar-refractivity contribution in [3.8, 4) is 11.8 Å². The molecule has 5 heterocycles. The van der Waals surface area contributed by atoms with Crippen LogP contribution in [0.25, 0.3) is 0 Å². The Balaban J connectivity index is 1.03. The summed E-state index contributed by atoms with van der Waals surface area (Å²) in [6.45, 7) is 8.38. The van der Waals surface area contributed by atoms with Crippen molar-refractivity contribution in [1.29, 1.82) is 0 Å². The minimum Gasteiger partial charge on any atom is -0.372 e. The highest BCUT2D eigenvalue weighted by Crippen LogP contribution is 2.48. The van der Waals surface area contributed by atoms with Crippen LogP contribution in [0.2, 0.25) is 0 Å². The molecule has 0 aromatic rings. The molecule has 5 saturated heterocycles. The first kappa shape index (κ1) is 30.1. The number of hydrogen-bond donors (Lipinski definition) is 3. The fourth-order valence-corrected chi connectivity index (χ4v) is 9.44. The molecule has 2 saturated carbocycles. The molecule has 5 aliphatic heterocycles. The Kier molecular flexibility index (Phi) is 9.14. The fraction of sp³-hybridized carbons (Fsp3) is 0.848. The van der Waals surface area contributed by atoms with Gasteiger partial charge in [0, 0.05) is 50.7 Å². The molecular weight excluding hydrogens is 544 g/mol. The summed E-state index contributed by atoms with van der Waals surface area (Å²) in [5, 5.41) is 7.18. The zero-order valence-electron chi connectivity index (χ0n) is 25.9. The predicted octanol–water partition coefficient (Wildman–Crippen LogP) is 1.28. The highest BCUT2D eigenvalue weighted by atomic mass is 16.7. The van der Waals surface area contributed by atoms with E-state index < -0.39 is 0 Å². The van der Waals surface area contributed by atoms with Gasteiger partial charge in [-0.3, -0.25) is 25.2 Å². The van der Waals surface area contributed by atoms with Crippen molar-refractivity contribution in [3.63, 3.8) is 0 Å². The van der Waals surface area contributed by atoms with Crippen LogP contribution < -0.4 is 16.4 Å². The van der Waals surface area contributed by atoms with E-state index in [-0.39, 0.29) is 54.4 Å². The molecule has 0 radical (unpaired) electrons. The molecule has 0 bridgehead atoms. The number of nitrogens with two attached hydrogens (primary N) is 1. The van der Waals surface area contributed by atoms with Crippen molar-refractivity contribution >= 4 is 5.91 Å². The summed E-state index contributed by atoms with van der Waals surface area (Å²) >= 11 is 0. The molecule has 0 aromatic heterocycles. The van der Waals surface area contributed by atoms with Gasteiger partial charge in [-0.2, -0.15) is 0 Å². The number of carbonyl (C=O) groups is 1. The third-order valence-electron chi connectivity index (χ3n) is 11.8. The van der Waals surface area contributed by atoms with Gasteiger partial charge in [-0.15, -0.1) is 0 Å². The van der Waals surface area contributed by atoms with Crippen LogP contribution in [0.15, 0.2) is 12.7 Å². The molecule has 9 unspecified atom stereocenters. The molecule has 43 heavy (non-hydrogen) atoms. The van der Waals surface area contributed by atoms with E-state index in [1.807, 2.05) is 4.90 Å². The minimum absolute atomic E-state index is 0.00671. The molecule has 1 amide bonds. The van der Waals surface area contributed by atoms with Crippen LogP contribution in [0.4, 0.5) is 0 Å². The second kappa shape index (κ2) is 13.1. The van der Waals surface area contributed by atoms with E-state index in [0.29, 0.717) is 37.4 Å². The van der Waals surface area contributed by atoms with Gasteiger partial charge in [0.15, 0.2) is 0 Å². The number of carbonyl (C=O) groups excluding carboxylic acids is 1. The molecule has 2 aliphatic carbocycles. The monoisotopic (exact) mass is 596 g/mol. The number of likely N-dealkylation sites (tertiary alicyclic amines) is 3. The third-order valence-corrected chi connectivity index (χ3v) is 11.8. The van der Waals surface area contributed by atoms with Crippen LogP contribution in [0.5, 0.6) is 0 Å². The number of hydrogen-bond acceptors (Lipinski definition) is 9. The zero-order chi connectivity index (χ0) is 29.5. The van der Waals surface area contributed by atoms with E-state index >= 15 is 0 Å². The maximum Gasteiger partial charge on any atom is 0.245 e. The lowest BCUT2D eigenvalue weighted by atomic mass is 9.68. The molecule has 0 aromatic carbocycles. The Hall–Kier alpha value is -1.55. The molecule has 9 atom stereocenters. The van der Waals surface area contributed by atoms with Crippen molar-refractivity contribution in [1.82, 2.24) is 25.3 Å². The van der Waals surface area contributed by atoms with Gasteiger partial charge < -0.3 is 24.8 Å².